The van der Waals surface area contributed by atoms with E-state index in [0.717, 1.165) is 18.4 Å². The molecule has 0 unspecified atom stereocenters. The largest absolute Gasteiger partial charge is 0.398 e. The van der Waals surface area contributed by atoms with Crippen molar-refractivity contribution in [1.82, 2.24) is 5.32 Å². The minimum Gasteiger partial charge on any atom is -0.398 e. The Bertz CT molecular complexity index is 422. The van der Waals surface area contributed by atoms with E-state index < -0.39 is 0 Å². The monoisotopic (exact) mass is 218 g/mol. The van der Waals surface area contributed by atoms with E-state index in [9.17, 15) is 4.79 Å². The van der Waals surface area contributed by atoms with Gasteiger partial charge in [-0.3, -0.25) is 4.79 Å². The molecule has 0 bridgehead atoms. The highest BCUT2D eigenvalue weighted by molar-refractivity contribution is 5.99. The summed E-state index contributed by atoms with van der Waals surface area (Å²) in [5.74, 6) is -0.0558. The zero-order valence-electron chi connectivity index (χ0n) is 9.84. The average molecular weight is 218 g/mol. The molecule has 0 spiro atoms. The molecule has 3 heteroatoms. The van der Waals surface area contributed by atoms with Crippen LogP contribution in [0.1, 0.15) is 42.1 Å². The molecule has 1 fully saturated rings. The summed E-state index contributed by atoms with van der Waals surface area (Å²) in [6.45, 7) is 4.05. The lowest BCUT2D eigenvalue weighted by atomic mass is 9.78. The van der Waals surface area contributed by atoms with Crippen molar-refractivity contribution in [2.24, 2.45) is 0 Å². The molecule has 2 rings (SSSR count). The van der Waals surface area contributed by atoms with Crippen molar-refractivity contribution in [2.75, 3.05) is 5.73 Å². The summed E-state index contributed by atoms with van der Waals surface area (Å²) in [6.07, 6.45) is 3.31. The number of nitrogens with two attached hydrogens (primary N) is 1. The van der Waals surface area contributed by atoms with Crippen LogP contribution in [-0.4, -0.2) is 11.4 Å². The van der Waals surface area contributed by atoms with Crippen molar-refractivity contribution in [3.63, 3.8) is 0 Å². The topological polar surface area (TPSA) is 55.1 Å². The first-order valence-electron chi connectivity index (χ1n) is 5.69. The first kappa shape index (κ1) is 11.0. The van der Waals surface area contributed by atoms with E-state index >= 15 is 0 Å². The molecule has 0 saturated heterocycles. The molecule has 1 aromatic carbocycles. The molecular weight excluding hydrogens is 200 g/mol. The Kier molecular flexibility index (Phi) is 2.62. The average Bonchev–Trinajstić information content (AvgIpc) is 2.14. The lowest BCUT2D eigenvalue weighted by molar-refractivity contribution is 0.0851. The third-order valence-corrected chi connectivity index (χ3v) is 3.32. The summed E-state index contributed by atoms with van der Waals surface area (Å²) in [5, 5.41) is 3.05. The van der Waals surface area contributed by atoms with E-state index in [2.05, 4.69) is 12.2 Å². The van der Waals surface area contributed by atoms with E-state index in [1.807, 2.05) is 19.1 Å². The van der Waals surface area contributed by atoms with E-state index in [1.165, 1.54) is 6.42 Å². The summed E-state index contributed by atoms with van der Waals surface area (Å²) < 4.78 is 0. The first-order valence-corrected chi connectivity index (χ1v) is 5.69. The highest BCUT2D eigenvalue weighted by Crippen LogP contribution is 2.31. The van der Waals surface area contributed by atoms with Gasteiger partial charge in [-0.2, -0.15) is 0 Å². The van der Waals surface area contributed by atoms with Crippen LogP contribution in [0.25, 0.3) is 0 Å². The van der Waals surface area contributed by atoms with Crippen LogP contribution in [0, 0.1) is 6.92 Å². The highest BCUT2D eigenvalue weighted by Gasteiger charge is 2.33. The van der Waals surface area contributed by atoms with Gasteiger partial charge in [-0.25, -0.2) is 0 Å². The van der Waals surface area contributed by atoms with Gasteiger partial charge in [-0.05, 0) is 50.8 Å². The van der Waals surface area contributed by atoms with E-state index in [1.54, 1.807) is 6.07 Å². The van der Waals surface area contributed by atoms with Crippen LogP contribution in [0.3, 0.4) is 0 Å². The van der Waals surface area contributed by atoms with Crippen molar-refractivity contribution in [3.05, 3.63) is 29.3 Å². The van der Waals surface area contributed by atoms with Gasteiger partial charge >= 0.3 is 0 Å². The Labute approximate surface area is 96.0 Å². The first-order chi connectivity index (χ1) is 7.50. The van der Waals surface area contributed by atoms with Crippen molar-refractivity contribution < 1.29 is 4.79 Å². The molecule has 1 amide bonds. The third kappa shape index (κ3) is 2.03. The predicted molar refractivity (Wildman–Crippen MR) is 65.3 cm³/mol. The summed E-state index contributed by atoms with van der Waals surface area (Å²) in [6, 6.07) is 5.54. The second-order valence-electron chi connectivity index (χ2n) is 4.96. The van der Waals surface area contributed by atoms with Crippen molar-refractivity contribution in [1.29, 1.82) is 0 Å². The second-order valence-corrected chi connectivity index (χ2v) is 4.96. The van der Waals surface area contributed by atoms with Gasteiger partial charge < -0.3 is 11.1 Å². The minimum atomic E-state index is -0.0558. The van der Waals surface area contributed by atoms with Gasteiger partial charge in [0.15, 0.2) is 0 Å². The number of hydrogen-bond acceptors (Lipinski definition) is 2. The third-order valence-electron chi connectivity index (χ3n) is 3.32. The fraction of sp³-hybridized carbons (Fsp3) is 0.462. The number of amides is 1. The number of hydrogen-bond donors (Lipinski definition) is 2. The number of nitrogen functional groups attached to an aromatic ring is 1. The quantitative estimate of drug-likeness (QED) is 0.748. The molecule has 0 aromatic heterocycles. The molecule has 16 heavy (non-hydrogen) atoms. The Morgan fingerprint density at radius 1 is 1.44 bits per heavy atom. The molecule has 0 atom stereocenters. The molecular formula is C13H18N2O. The Morgan fingerprint density at radius 3 is 2.62 bits per heavy atom. The SMILES string of the molecule is Cc1ccc(C(=O)NC2(C)CCC2)c(N)c1. The number of nitrogens with one attached hydrogen (secondary N) is 1. The number of carbonyl (C=O) groups excluding carboxylic acids is 1. The van der Waals surface area contributed by atoms with Crippen molar-refractivity contribution in [2.45, 2.75) is 38.6 Å². The fourth-order valence-electron chi connectivity index (χ4n) is 2.06. The van der Waals surface area contributed by atoms with Crippen molar-refractivity contribution in [3.8, 4) is 0 Å². The maximum atomic E-state index is 12.0. The molecule has 1 aromatic rings. The van der Waals surface area contributed by atoms with Crippen LogP contribution in [-0.2, 0) is 0 Å². The number of aryl methyl sites for hydroxylation is 1. The normalized spacial score (nSPS) is 17.6. The molecule has 0 aliphatic heterocycles. The van der Waals surface area contributed by atoms with Gasteiger partial charge in [0.2, 0.25) is 0 Å². The molecule has 1 aliphatic rings. The fourth-order valence-corrected chi connectivity index (χ4v) is 2.06. The van der Waals surface area contributed by atoms with Gasteiger partial charge in [-0.1, -0.05) is 6.07 Å². The summed E-state index contributed by atoms with van der Waals surface area (Å²) in [4.78, 5) is 12.0. The van der Waals surface area contributed by atoms with E-state index in [0.29, 0.717) is 11.3 Å². The Morgan fingerprint density at radius 2 is 2.12 bits per heavy atom. The zero-order valence-corrected chi connectivity index (χ0v) is 9.84. The van der Waals surface area contributed by atoms with Crippen LogP contribution < -0.4 is 11.1 Å². The van der Waals surface area contributed by atoms with Gasteiger partial charge in [0.25, 0.3) is 5.91 Å². The van der Waals surface area contributed by atoms with Crippen LogP contribution in [0.5, 0.6) is 0 Å². The predicted octanol–water partition coefficient (Wildman–Crippen LogP) is 2.25. The Hall–Kier alpha value is -1.51. The molecule has 1 saturated carbocycles. The summed E-state index contributed by atoms with van der Waals surface area (Å²) in [7, 11) is 0. The standard InChI is InChI=1S/C13H18N2O/c1-9-4-5-10(11(14)8-9)12(16)15-13(2)6-3-7-13/h4-5,8H,3,6-7,14H2,1-2H3,(H,15,16). The van der Waals surface area contributed by atoms with Crippen LogP contribution in [0.2, 0.25) is 0 Å². The summed E-state index contributed by atoms with van der Waals surface area (Å²) in [5.41, 5.74) is 8.03. The van der Waals surface area contributed by atoms with E-state index in [-0.39, 0.29) is 11.4 Å². The molecule has 0 heterocycles. The highest BCUT2D eigenvalue weighted by atomic mass is 16.1. The van der Waals surface area contributed by atoms with Crippen LogP contribution >= 0.6 is 0 Å². The molecule has 3 nitrogen and oxygen atoms in total. The van der Waals surface area contributed by atoms with Crippen LogP contribution in [0.15, 0.2) is 18.2 Å². The maximum absolute atomic E-state index is 12.0. The number of carbonyl (C=O) groups is 1. The molecule has 0 radical (unpaired) electrons. The van der Waals surface area contributed by atoms with Gasteiger partial charge in [0.05, 0.1) is 5.56 Å². The minimum absolute atomic E-state index is 0.0194. The Balaban J connectivity index is 2.14. The van der Waals surface area contributed by atoms with Gasteiger partial charge in [-0.15, -0.1) is 0 Å². The molecule has 1 aliphatic carbocycles. The lowest BCUT2D eigenvalue weighted by Crippen LogP contribution is -2.51. The smallest absolute Gasteiger partial charge is 0.253 e. The van der Waals surface area contributed by atoms with Gasteiger partial charge in [0.1, 0.15) is 0 Å². The lowest BCUT2D eigenvalue weighted by Gasteiger charge is -2.39. The summed E-state index contributed by atoms with van der Waals surface area (Å²) >= 11 is 0. The zero-order chi connectivity index (χ0) is 11.8. The number of rotatable bonds is 2. The van der Waals surface area contributed by atoms with Crippen LogP contribution in [0.4, 0.5) is 5.69 Å². The van der Waals surface area contributed by atoms with E-state index in [4.69, 9.17) is 5.73 Å². The number of benzene rings is 1. The molecule has 3 N–H and O–H groups in total. The van der Waals surface area contributed by atoms with Gasteiger partial charge in [0, 0.05) is 11.2 Å². The maximum Gasteiger partial charge on any atom is 0.253 e. The second kappa shape index (κ2) is 3.81. The molecule has 86 valence electrons. The van der Waals surface area contributed by atoms with Crippen molar-refractivity contribution >= 4 is 11.6 Å². The number of anilines is 1.